The zero-order valence-corrected chi connectivity index (χ0v) is 17.3. The van der Waals surface area contributed by atoms with Crippen molar-refractivity contribution in [1.29, 1.82) is 0 Å². The fraction of sp³-hybridized carbons (Fsp3) is 0.450. The van der Waals surface area contributed by atoms with E-state index in [-0.39, 0.29) is 11.5 Å². The van der Waals surface area contributed by atoms with E-state index in [0.717, 1.165) is 5.75 Å². The Morgan fingerprint density at radius 3 is 2.31 bits per heavy atom. The van der Waals surface area contributed by atoms with Crippen molar-refractivity contribution in [2.24, 2.45) is 0 Å². The minimum Gasteiger partial charge on any atom is -0.494 e. The second kappa shape index (κ2) is 10.0. The highest BCUT2D eigenvalue weighted by Gasteiger charge is 2.29. The van der Waals surface area contributed by atoms with Crippen LogP contribution in [-0.4, -0.2) is 79.8 Å². The molecule has 9 heteroatoms. The van der Waals surface area contributed by atoms with Gasteiger partial charge in [-0.2, -0.15) is 4.31 Å². The molecule has 1 aromatic heterocycles. The molecule has 0 saturated carbocycles. The first kappa shape index (κ1) is 21.5. The quantitative estimate of drug-likeness (QED) is 0.651. The average Bonchev–Trinajstić information content (AvgIpc) is 2.74. The molecule has 1 N–H and O–H groups in total. The van der Waals surface area contributed by atoms with E-state index in [4.69, 9.17) is 9.47 Å². The first-order valence-electron chi connectivity index (χ1n) is 9.65. The maximum Gasteiger partial charge on any atom is 0.244 e. The molecule has 0 aliphatic carbocycles. The van der Waals surface area contributed by atoms with Crippen LogP contribution in [0.25, 0.3) is 0 Å². The lowest BCUT2D eigenvalue weighted by molar-refractivity contribution is 0.0569. The van der Waals surface area contributed by atoms with E-state index in [1.54, 1.807) is 30.5 Å². The highest BCUT2D eigenvalue weighted by atomic mass is 32.2. The smallest absolute Gasteiger partial charge is 0.244 e. The van der Waals surface area contributed by atoms with Crippen LogP contribution in [-0.2, 0) is 10.0 Å². The maximum atomic E-state index is 12.6. The number of ether oxygens (including phenoxy) is 2. The summed E-state index contributed by atoms with van der Waals surface area (Å²) in [6, 6.07) is 10.4. The van der Waals surface area contributed by atoms with E-state index in [1.165, 1.54) is 10.5 Å². The first-order chi connectivity index (χ1) is 14.0. The van der Waals surface area contributed by atoms with E-state index in [2.05, 4.69) is 4.98 Å². The number of benzene rings is 1. The molecule has 0 amide bonds. The molecule has 1 aliphatic heterocycles. The normalized spacial score (nSPS) is 17.0. The zero-order chi connectivity index (χ0) is 20.7. The molecule has 2 heterocycles. The highest BCUT2D eigenvalue weighted by molar-refractivity contribution is 7.89. The van der Waals surface area contributed by atoms with Crippen LogP contribution < -0.4 is 9.47 Å². The van der Waals surface area contributed by atoms with Crippen LogP contribution >= 0.6 is 0 Å². The molecule has 158 valence electrons. The molecular formula is C20H27N3O5S. The van der Waals surface area contributed by atoms with Gasteiger partial charge in [0.25, 0.3) is 0 Å². The largest absolute Gasteiger partial charge is 0.494 e. The third kappa shape index (κ3) is 5.89. The molecule has 3 rings (SSSR count). The molecule has 1 aliphatic rings. The van der Waals surface area contributed by atoms with Gasteiger partial charge >= 0.3 is 0 Å². The van der Waals surface area contributed by atoms with Crippen molar-refractivity contribution in [1.82, 2.24) is 14.2 Å². The lowest BCUT2D eigenvalue weighted by atomic mass is 10.3. The Bertz CT molecular complexity index is 853. The summed E-state index contributed by atoms with van der Waals surface area (Å²) in [6.07, 6.45) is 2.25. The Hall–Kier alpha value is -2.20. The van der Waals surface area contributed by atoms with Crippen molar-refractivity contribution in [2.75, 3.05) is 45.9 Å². The van der Waals surface area contributed by atoms with E-state index in [1.807, 2.05) is 24.0 Å². The van der Waals surface area contributed by atoms with Gasteiger partial charge in [0, 0.05) is 45.1 Å². The number of hydrogen-bond acceptors (Lipinski definition) is 7. The van der Waals surface area contributed by atoms with Crippen LogP contribution in [0.3, 0.4) is 0 Å². The molecule has 29 heavy (non-hydrogen) atoms. The Balaban J connectivity index is 1.43. The number of sulfonamides is 1. The van der Waals surface area contributed by atoms with E-state index in [9.17, 15) is 13.5 Å². The predicted octanol–water partition coefficient (Wildman–Crippen LogP) is 1.23. The monoisotopic (exact) mass is 421 g/mol. The third-order valence-electron chi connectivity index (χ3n) is 4.65. The van der Waals surface area contributed by atoms with Crippen LogP contribution in [0.5, 0.6) is 11.5 Å². The van der Waals surface area contributed by atoms with Gasteiger partial charge in [-0.15, -0.1) is 0 Å². The van der Waals surface area contributed by atoms with Gasteiger partial charge < -0.3 is 14.6 Å². The van der Waals surface area contributed by atoms with E-state index < -0.39 is 16.1 Å². The van der Waals surface area contributed by atoms with Gasteiger partial charge in [0.05, 0.1) is 6.61 Å². The fourth-order valence-corrected chi connectivity index (χ4v) is 4.53. The van der Waals surface area contributed by atoms with Crippen molar-refractivity contribution in [2.45, 2.75) is 17.9 Å². The van der Waals surface area contributed by atoms with Crippen LogP contribution in [0.4, 0.5) is 0 Å². The van der Waals surface area contributed by atoms with Crippen molar-refractivity contribution in [3.63, 3.8) is 0 Å². The topological polar surface area (TPSA) is 92.2 Å². The minimum atomic E-state index is -3.52. The number of β-amino-alcohol motifs (C(OH)–C–C–N with tert-alkyl or cyclic N) is 1. The zero-order valence-electron chi connectivity index (χ0n) is 16.5. The number of aliphatic hydroxyl groups is 1. The first-order valence-corrected chi connectivity index (χ1v) is 11.1. The molecule has 1 aromatic carbocycles. The van der Waals surface area contributed by atoms with Gasteiger partial charge in [0.2, 0.25) is 10.0 Å². The number of piperazine rings is 1. The SMILES string of the molecule is CCOc1ccc(OCC(O)CN2CCN(S(=O)(=O)c3cccnc3)CC2)cc1. The standard InChI is InChI=1S/C20H27N3O5S/c1-2-27-18-5-7-19(8-6-18)28-16-17(24)15-22-10-12-23(13-11-22)29(25,26)20-4-3-9-21-14-20/h3-9,14,17,24H,2,10-13,15-16H2,1H3. The molecule has 1 atom stereocenters. The number of pyridine rings is 1. The van der Waals surface area contributed by atoms with Crippen molar-refractivity contribution >= 4 is 10.0 Å². The molecular weight excluding hydrogens is 394 g/mol. The van der Waals surface area contributed by atoms with Gasteiger partial charge in [-0.3, -0.25) is 9.88 Å². The number of rotatable bonds is 9. The van der Waals surface area contributed by atoms with E-state index in [0.29, 0.717) is 45.1 Å². The highest BCUT2D eigenvalue weighted by Crippen LogP contribution is 2.18. The number of hydrogen-bond donors (Lipinski definition) is 1. The Morgan fingerprint density at radius 1 is 1.07 bits per heavy atom. The summed E-state index contributed by atoms with van der Waals surface area (Å²) < 4.78 is 37.7. The van der Waals surface area contributed by atoms with Gasteiger partial charge in [-0.1, -0.05) is 0 Å². The third-order valence-corrected chi connectivity index (χ3v) is 6.53. The molecule has 0 bridgehead atoms. The van der Waals surface area contributed by atoms with Crippen molar-refractivity contribution in [3.05, 3.63) is 48.8 Å². The molecule has 1 saturated heterocycles. The second-order valence-corrected chi connectivity index (χ2v) is 8.70. The predicted molar refractivity (Wildman–Crippen MR) is 109 cm³/mol. The maximum absolute atomic E-state index is 12.6. The summed E-state index contributed by atoms with van der Waals surface area (Å²) >= 11 is 0. The van der Waals surface area contributed by atoms with Gasteiger partial charge in [-0.05, 0) is 43.3 Å². The van der Waals surface area contributed by atoms with Gasteiger partial charge in [-0.25, -0.2) is 8.42 Å². The van der Waals surface area contributed by atoms with Crippen LogP contribution in [0.1, 0.15) is 6.92 Å². The number of nitrogens with zero attached hydrogens (tertiary/aromatic N) is 3. The summed E-state index contributed by atoms with van der Waals surface area (Å²) in [7, 11) is -3.52. The molecule has 2 aromatic rings. The lowest BCUT2D eigenvalue weighted by Gasteiger charge is -2.34. The molecule has 0 radical (unpaired) electrons. The van der Waals surface area contributed by atoms with Crippen LogP contribution in [0.2, 0.25) is 0 Å². The fourth-order valence-electron chi connectivity index (χ4n) is 3.14. The molecule has 0 spiro atoms. The Morgan fingerprint density at radius 2 is 1.72 bits per heavy atom. The van der Waals surface area contributed by atoms with Crippen LogP contribution in [0, 0.1) is 0 Å². The summed E-state index contributed by atoms with van der Waals surface area (Å²) in [5.74, 6) is 1.44. The van der Waals surface area contributed by atoms with E-state index >= 15 is 0 Å². The summed E-state index contributed by atoms with van der Waals surface area (Å²) in [5, 5.41) is 10.3. The molecule has 8 nitrogen and oxygen atoms in total. The average molecular weight is 422 g/mol. The second-order valence-electron chi connectivity index (χ2n) is 6.76. The summed E-state index contributed by atoms with van der Waals surface area (Å²) in [5.41, 5.74) is 0. The van der Waals surface area contributed by atoms with Gasteiger partial charge in [0.1, 0.15) is 29.1 Å². The molecule has 1 unspecified atom stereocenters. The van der Waals surface area contributed by atoms with Gasteiger partial charge in [0.15, 0.2) is 0 Å². The molecule has 1 fully saturated rings. The Kier molecular flexibility index (Phi) is 7.43. The summed E-state index contributed by atoms with van der Waals surface area (Å²) in [4.78, 5) is 6.14. The number of aliphatic hydroxyl groups excluding tert-OH is 1. The Labute approximate surface area is 171 Å². The van der Waals surface area contributed by atoms with Crippen molar-refractivity contribution in [3.8, 4) is 11.5 Å². The van der Waals surface area contributed by atoms with Crippen LogP contribution in [0.15, 0.2) is 53.7 Å². The van der Waals surface area contributed by atoms with Crippen molar-refractivity contribution < 1.29 is 23.0 Å². The summed E-state index contributed by atoms with van der Waals surface area (Å²) in [6.45, 7) is 5.00. The number of aromatic nitrogens is 1. The minimum absolute atomic E-state index is 0.169. The lowest BCUT2D eigenvalue weighted by Crippen LogP contribution is -2.50.